The maximum atomic E-state index is 11.8. The largest absolute Gasteiger partial charge is 0.396 e. The Labute approximate surface area is 92.4 Å². The van der Waals surface area contributed by atoms with Crippen LogP contribution >= 0.6 is 0 Å². The molecule has 0 aromatic carbocycles. The molecule has 0 radical (unpaired) electrons. The van der Waals surface area contributed by atoms with Crippen LogP contribution in [0.25, 0.3) is 0 Å². The minimum absolute atomic E-state index is 0.000324. The summed E-state index contributed by atoms with van der Waals surface area (Å²) in [6.45, 7) is 7.40. The van der Waals surface area contributed by atoms with Gasteiger partial charge in [-0.3, -0.25) is 4.79 Å². The van der Waals surface area contributed by atoms with E-state index in [-0.39, 0.29) is 12.5 Å². The van der Waals surface area contributed by atoms with Crippen LogP contribution in [0.1, 0.15) is 33.6 Å². The molecule has 3 N–H and O–H groups in total. The second kappa shape index (κ2) is 7.65. The molecular formula is C11H24N2O2. The molecule has 90 valence electrons. The number of likely N-dealkylation sites (N-methyl/N-ethyl adjacent to an activating group) is 1. The van der Waals surface area contributed by atoms with Gasteiger partial charge in [-0.15, -0.1) is 0 Å². The molecule has 0 aromatic rings. The average Bonchev–Trinajstić information content (AvgIpc) is 2.17. The molecule has 0 aliphatic heterocycles. The van der Waals surface area contributed by atoms with Crippen molar-refractivity contribution < 1.29 is 9.90 Å². The van der Waals surface area contributed by atoms with E-state index < -0.39 is 6.04 Å². The first-order valence-corrected chi connectivity index (χ1v) is 5.68. The van der Waals surface area contributed by atoms with Crippen LogP contribution in [0.15, 0.2) is 0 Å². The molecule has 0 saturated carbocycles. The van der Waals surface area contributed by atoms with Gasteiger partial charge < -0.3 is 15.7 Å². The van der Waals surface area contributed by atoms with Gasteiger partial charge in [0.2, 0.25) is 5.91 Å². The first-order chi connectivity index (χ1) is 7.02. The lowest BCUT2D eigenvalue weighted by molar-refractivity contribution is -0.132. The van der Waals surface area contributed by atoms with Gasteiger partial charge in [-0.2, -0.15) is 0 Å². The van der Waals surface area contributed by atoms with Crippen LogP contribution in [0, 0.1) is 5.92 Å². The van der Waals surface area contributed by atoms with Crippen LogP contribution in [0.2, 0.25) is 0 Å². The fourth-order valence-corrected chi connectivity index (χ4v) is 1.53. The number of amides is 1. The highest BCUT2D eigenvalue weighted by molar-refractivity contribution is 5.81. The summed E-state index contributed by atoms with van der Waals surface area (Å²) in [4.78, 5) is 13.5. The van der Waals surface area contributed by atoms with Crippen LogP contribution in [-0.4, -0.2) is 41.7 Å². The standard InChI is InChI=1S/C11H24N2O2/c1-4-13(6-5-7-14)11(15)10(12)8-9(2)3/h9-10,14H,4-8,12H2,1-3H3/t10-/m1/s1. The topological polar surface area (TPSA) is 66.6 Å². The zero-order valence-corrected chi connectivity index (χ0v) is 10.1. The Balaban J connectivity index is 4.11. The van der Waals surface area contributed by atoms with Crippen molar-refractivity contribution in [2.45, 2.75) is 39.7 Å². The minimum Gasteiger partial charge on any atom is -0.396 e. The minimum atomic E-state index is -0.399. The van der Waals surface area contributed by atoms with Gasteiger partial charge in [0, 0.05) is 19.7 Å². The van der Waals surface area contributed by atoms with E-state index in [9.17, 15) is 4.79 Å². The second-order valence-corrected chi connectivity index (χ2v) is 4.23. The molecule has 0 spiro atoms. The number of rotatable bonds is 7. The van der Waals surface area contributed by atoms with E-state index in [1.54, 1.807) is 4.90 Å². The Morgan fingerprint density at radius 2 is 2.07 bits per heavy atom. The monoisotopic (exact) mass is 216 g/mol. The molecule has 4 heteroatoms. The number of aliphatic hydroxyl groups is 1. The number of aliphatic hydroxyl groups excluding tert-OH is 1. The molecule has 0 saturated heterocycles. The van der Waals surface area contributed by atoms with Crippen molar-refractivity contribution in [3.63, 3.8) is 0 Å². The van der Waals surface area contributed by atoms with Gasteiger partial charge >= 0.3 is 0 Å². The van der Waals surface area contributed by atoms with Crippen LogP contribution in [0.5, 0.6) is 0 Å². The molecule has 1 amide bonds. The maximum Gasteiger partial charge on any atom is 0.239 e. The van der Waals surface area contributed by atoms with E-state index in [0.29, 0.717) is 31.8 Å². The number of hydrogen-bond acceptors (Lipinski definition) is 3. The Bertz CT molecular complexity index is 183. The molecule has 0 unspecified atom stereocenters. The number of hydrogen-bond donors (Lipinski definition) is 2. The highest BCUT2D eigenvalue weighted by Gasteiger charge is 2.19. The molecule has 4 nitrogen and oxygen atoms in total. The van der Waals surface area contributed by atoms with Gasteiger partial charge in [-0.25, -0.2) is 0 Å². The molecule has 0 aromatic heterocycles. The quantitative estimate of drug-likeness (QED) is 0.654. The molecule has 15 heavy (non-hydrogen) atoms. The van der Waals surface area contributed by atoms with E-state index in [2.05, 4.69) is 13.8 Å². The normalized spacial score (nSPS) is 12.9. The third-order valence-corrected chi connectivity index (χ3v) is 2.32. The third-order valence-electron chi connectivity index (χ3n) is 2.32. The smallest absolute Gasteiger partial charge is 0.239 e. The van der Waals surface area contributed by atoms with Gasteiger partial charge in [0.05, 0.1) is 6.04 Å². The van der Waals surface area contributed by atoms with Crippen LogP contribution in [0.3, 0.4) is 0 Å². The number of nitrogens with two attached hydrogens (primary N) is 1. The molecule has 0 aliphatic carbocycles. The summed E-state index contributed by atoms with van der Waals surface area (Å²) in [5.74, 6) is 0.431. The van der Waals surface area contributed by atoms with E-state index in [0.717, 1.165) is 0 Å². The first kappa shape index (κ1) is 14.4. The van der Waals surface area contributed by atoms with Gasteiger partial charge in [-0.1, -0.05) is 13.8 Å². The fraction of sp³-hybridized carbons (Fsp3) is 0.909. The van der Waals surface area contributed by atoms with Crippen molar-refractivity contribution >= 4 is 5.91 Å². The van der Waals surface area contributed by atoms with Gasteiger partial charge in [0.25, 0.3) is 0 Å². The lowest BCUT2D eigenvalue weighted by atomic mass is 10.0. The molecule has 0 bridgehead atoms. The van der Waals surface area contributed by atoms with Crippen molar-refractivity contribution in [2.75, 3.05) is 19.7 Å². The summed E-state index contributed by atoms with van der Waals surface area (Å²) in [6.07, 6.45) is 1.34. The Morgan fingerprint density at radius 1 is 1.47 bits per heavy atom. The van der Waals surface area contributed by atoms with Crippen LogP contribution in [0.4, 0.5) is 0 Å². The number of nitrogens with zero attached hydrogens (tertiary/aromatic N) is 1. The molecule has 0 rings (SSSR count). The zero-order valence-electron chi connectivity index (χ0n) is 10.1. The highest BCUT2D eigenvalue weighted by Crippen LogP contribution is 2.06. The van der Waals surface area contributed by atoms with Crippen molar-refractivity contribution in [1.29, 1.82) is 0 Å². The van der Waals surface area contributed by atoms with Gasteiger partial charge in [0.1, 0.15) is 0 Å². The highest BCUT2D eigenvalue weighted by atomic mass is 16.3. The fourth-order valence-electron chi connectivity index (χ4n) is 1.53. The van der Waals surface area contributed by atoms with Crippen molar-refractivity contribution in [1.82, 2.24) is 4.90 Å². The van der Waals surface area contributed by atoms with Gasteiger partial charge in [0.15, 0.2) is 0 Å². The number of carbonyl (C=O) groups is 1. The second-order valence-electron chi connectivity index (χ2n) is 4.23. The maximum absolute atomic E-state index is 11.8. The Kier molecular flexibility index (Phi) is 7.34. The zero-order chi connectivity index (χ0) is 11.8. The summed E-state index contributed by atoms with van der Waals surface area (Å²) < 4.78 is 0. The third kappa shape index (κ3) is 5.74. The molecule has 0 aliphatic rings. The predicted molar refractivity (Wildman–Crippen MR) is 61.4 cm³/mol. The van der Waals surface area contributed by atoms with E-state index >= 15 is 0 Å². The summed E-state index contributed by atoms with van der Waals surface area (Å²) in [5, 5.41) is 8.71. The summed E-state index contributed by atoms with van der Waals surface area (Å²) >= 11 is 0. The number of carbonyl (C=O) groups excluding carboxylic acids is 1. The molecule has 0 fully saturated rings. The van der Waals surface area contributed by atoms with Crippen molar-refractivity contribution in [3.05, 3.63) is 0 Å². The molecule has 0 heterocycles. The first-order valence-electron chi connectivity index (χ1n) is 5.68. The summed E-state index contributed by atoms with van der Waals surface area (Å²) in [7, 11) is 0. The van der Waals surface area contributed by atoms with Crippen molar-refractivity contribution in [2.24, 2.45) is 11.7 Å². The van der Waals surface area contributed by atoms with E-state index in [1.807, 2.05) is 6.92 Å². The molecular weight excluding hydrogens is 192 g/mol. The Morgan fingerprint density at radius 3 is 2.47 bits per heavy atom. The van der Waals surface area contributed by atoms with Crippen molar-refractivity contribution in [3.8, 4) is 0 Å². The lowest BCUT2D eigenvalue weighted by Gasteiger charge is -2.24. The average molecular weight is 216 g/mol. The van der Waals surface area contributed by atoms with Crippen LogP contribution in [-0.2, 0) is 4.79 Å². The van der Waals surface area contributed by atoms with Crippen LogP contribution < -0.4 is 5.73 Å². The van der Waals surface area contributed by atoms with E-state index in [4.69, 9.17) is 10.8 Å². The summed E-state index contributed by atoms with van der Waals surface area (Å²) in [5.41, 5.74) is 5.81. The Hall–Kier alpha value is -0.610. The predicted octanol–water partition coefficient (Wildman–Crippen LogP) is 0.591. The van der Waals surface area contributed by atoms with E-state index in [1.165, 1.54) is 0 Å². The summed E-state index contributed by atoms with van der Waals surface area (Å²) in [6, 6.07) is -0.399. The molecule has 1 atom stereocenters. The lowest BCUT2D eigenvalue weighted by Crippen LogP contribution is -2.44. The SMILES string of the molecule is CCN(CCCO)C(=O)[C@H](N)CC(C)C. The van der Waals surface area contributed by atoms with Gasteiger partial charge in [-0.05, 0) is 25.7 Å².